The van der Waals surface area contributed by atoms with Gasteiger partial charge in [-0.15, -0.1) is 0 Å². The fourth-order valence-electron chi connectivity index (χ4n) is 3.84. The summed E-state index contributed by atoms with van der Waals surface area (Å²) in [6, 6.07) is 0.589. The third-order valence-electron chi connectivity index (χ3n) is 4.57. The first-order valence-corrected chi connectivity index (χ1v) is 7.65. The summed E-state index contributed by atoms with van der Waals surface area (Å²) in [6.07, 6.45) is 5.89. The molecule has 4 nitrogen and oxygen atoms in total. The minimum Gasteiger partial charge on any atom is -0.344 e. The van der Waals surface area contributed by atoms with E-state index in [1.165, 1.54) is 25.7 Å². The van der Waals surface area contributed by atoms with Crippen LogP contribution in [0.1, 0.15) is 46.0 Å². The van der Waals surface area contributed by atoms with Crippen molar-refractivity contribution in [3.8, 4) is 0 Å². The van der Waals surface area contributed by atoms with Gasteiger partial charge in [0.2, 0.25) is 5.91 Å². The number of amides is 1. The highest BCUT2D eigenvalue weighted by Gasteiger charge is 2.41. The lowest BCUT2D eigenvalue weighted by Gasteiger charge is -2.37. The summed E-state index contributed by atoms with van der Waals surface area (Å²) in [6.45, 7) is 6.98. The molecule has 1 aliphatic heterocycles. The molecule has 1 unspecified atom stereocenters. The number of carbonyl (C=O) groups excluding carboxylic acids is 1. The molecule has 0 aromatic carbocycles. The van der Waals surface area contributed by atoms with Crippen LogP contribution >= 0.6 is 0 Å². The first kappa shape index (κ1) is 14.8. The van der Waals surface area contributed by atoms with Gasteiger partial charge in [0.15, 0.2) is 0 Å². The van der Waals surface area contributed by atoms with Crippen molar-refractivity contribution in [2.45, 2.75) is 58.0 Å². The van der Waals surface area contributed by atoms with Crippen LogP contribution in [-0.4, -0.2) is 54.5 Å². The van der Waals surface area contributed by atoms with E-state index in [4.69, 9.17) is 5.73 Å². The van der Waals surface area contributed by atoms with E-state index in [2.05, 4.69) is 18.7 Å². The highest BCUT2D eigenvalue weighted by atomic mass is 16.2. The summed E-state index contributed by atoms with van der Waals surface area (Å²) in [4.78, 5) is 17.0. The van der Waals surface area contributed by atoms with Gasteiger partial charge in [-0.3, -0.25) is 9.69 Å². The fraction of sp³-hybridized carbons (Fsp3) is 0.933. The number of carbonyl (C=O) groups is 1. The molecule has 0 bridgehead atoms. The van der Waals surface area contributed by atoms with Gasteiger partial charge in [-0.1, -0.05) is 26.7 Å². The molecule has 0 aromatic heterocycles. The van der Waals surface area contributed by atoms with Crippen LogP contribution in [0.25, 0.3) is 0 Å². The molecule has 1 amide bonds. The SMILES string of the molecule is CN1CC(C)(C)CN(C2CCCC2)C(CCN)C1=O. The van der Waals surface area contributed by atoms with E-state index in [-0.39, 0.29) is 17.4 Å². The maximum Gasteiger partial charge on any atom is 0.239 e. The van der Waals surface area contributed by atoms with Crippen LogP contribution in [0.5, 0.6) is 0 Å². The van der Waals surface area contributed by atoms with Crippen molar-refractivity contribution in [1.29, 1.82) is 0 Å². The lowest BCUT2D eigenvalue weighted by molar-refractivity contribution is -0.135. The van der Waals surface area contributed by atoms with Crippen molar-refractivity contribution < 1.29 is 4.79 Å². The number of rotatable bonds is 3. The highest BCUT2D eigenvalue weighted by molar-refractivity contribution is 5.82. The van der Waals surface area contributed by atoms with Crippen molar-refractivity contribution in [2.24, 2.45) is 11.1 Å². The van der Waals surface area contributed by atoms with E-state index >= 15 is 0 Å². The van der Waals surface area contributed by atoms with Gasteiger partial charge in [-0.05, 0) is 31.2 Å². The molecule has 2 rings (SSSR count). The zero-order valence-corrected chi connectivity index (χ0v) is 12.7. The van der Waals surface area contributed by atoms with Crippen molar-refractivity contribution >= 4 is 5.91 Å². The largest absolute Gasteiger partial charge is 0.344 e. The Morgan fingerprint density at radius 2 is 1.89 bits per heavy atom. The number of likely N-dealkylation sites (N-methyl/N-ethyl adjacent to an activating group) is 1. The molecule has 2 N–H and O–H groups in total. The van der Waals surface area contributed by atoms with Gasteiger partial charge in [-0.2, -0.15) is 0 Å². The minimum absolute atomic E-state index is 0.000116. The van der Waals surface area contributed by atoms with Crippen LogP contribution in [0.3, 0.4) is 0 Å². The number of nitrogens with zero attached hydrogens (tertiary/aromatic N) is 2. The molecular weight excluding hydrogens is 238 g/mol. The van der Waals surface area contributed by atoms with Gasteiger partial charge in [-0.25, -0.2) is 0 Å². The maximum atomic E-state index is 12.6. The van der Waals surface area contributed by atoms with Gasteiger partial charge in [0.25, 0.3) is 0 Å². The molecule has 19 heavy (non-hydrogen) atoms. The van der Waals surface area contributed by atoms with Crippen molar-refractivity contribution in [2.75, 3.05) is 26.7 Å². The zero-order valence-electron chi connectivity index (χ0n) is 12.7. The Balaban J connectivity index is 2.24. The highest BCUT2D eigenvalue weighted by Crippen LogP contribution is 2.32. The van der Waals surface area contributed by atoms with E-state index in [0.717, 1.165) is 19.5 Å². The predicted octanol–water partition coefficient (Wildman–Crippen LogP) is 1.45. The van der Waals surface area contributed by atoms with Gasteiger partial charge >= 0.3 is 0 Å². The summed E-state index contributed by atoms with van der Waals surface area (Å²) < 4.78 is 0. The molecule has 2 fully saturated rings. The first-order valence-electron chi connectivity index (χ1n) is 7.65. The van der Waals surface area contributed by atoms with E-state index in [0.29, 0.717) is 12.6 Å². The Labute approximate surface area is 117 Å². The van der Waals surface area contributed by atoms with Crippen LogP contribution in [0.15, 0.2) is 0 Å². The fourth-order valence-corrected chi connectivity index (χ4v) is 3.84. The minimum atomic E-state index is -0.000116. The third-order valence-corrected chi connectivity index (χ3v) is 4.57. The Hall–Kier alpha value is -0.610. The molecule has 0 aromatic rings. The molecule has 2 aliphatic rings. The molecule has 1 aliphatic carbocycles. The van der Waals surface area contributed by atoms with Crippen LogP contribution in [0.4, 0.5) is 0 Å². The smallest absolute Gasteiger partial charge is 0.239 e. The second-order valence-corrected chi connectivity index (χ2v) is 7.06. The molecule has 1 saturated heterocycles. The monoisotopic (exact) mass is 267 g/mol. The number of nitrogens with two attached hydrogens (primary N) is 1. The van der Waals surface area contributed by atoms with Crippen molar-refractivity contribution in [1.82, 2.24) is 9.80 Å². The van der Waals surface area contributed by atoms with Crippen LogP contribution in [0, 0.1) is 5.41 Å². The molecule has 4 heteroatoms. The maximum absolute atomic E-state index is 12.6. The predicted molar refractivity (Wildman–Crippen MR) is 77.8 cm³/mol. The molecule has 0 spiro atoms. The molecular formula is C15H29N3O. The number of hydrogen-bond donors (Lipinski definition) is 1. The molecule has 1 atom stereocenters. The second kappa shape index (κ2) is 5.80. The third kappa shape index (κ3) is 3.29. The summed E-state index contributed by atoms with van der Waals surface area (Å²) in [5, 5.41) is 0. The van der Waals surface area contributed by atoms with Crippen LogP contribution in [0.2, 0.25) is 0 Å². The van der Waals surface area contributed by atoms with Gasteiger partial charge in [0, 0.05) is 26.2 Å². The Kier molecular flexibility index (Phi) is 4.51. The van der Waals surface area contributed by atoms with E-state index < -0.39 is 0 Å². The Bertz CT molecular complexity index is 323. The summed E-state index contributed by atoms with van der Waals surface area (Å²) in [5.41, 5.74) is 5.91. The Morgan fingerprint density at radius 3 is 2.47 bits per heavy atom. The van der Waals surface area contributed by atoms with Crippen molar-refractivity contribution in [3.05, 3.63) is 0 Å². The molecule has 1 saturated carbocycles. The standard InChI is InChI=1S/C15H29N3O/c1-15(2)10-17(3)14(19)13(8-9-16)18(11-15)12-6-4-5-7-12/h12-13H,4-11,16H2,1-3H3. The zero-order chi connectivity index (χ0) is 14.0. The average Bonchev–Trinajstić information content (AvgIpc) is 2.83. The van der Waals surface area contributed by atoms with E-state index in [9.17, 15) is 4.79 Å². The topological polar surface area (TPSA) is 49.6 Å². The number of hydrogen-bond acceptors (Lipinski definition) is 3. The van der Waals surface area contributed by atoms with Gasteiger partial charge < -0.3 is 10.6 Å². The molecule has 0 radical (unpaired) electrons. The van der Waals surface area contributed by atoms with E-state index in [1.54, 1.807) is 0 Å². The second-order valence-electron chi connectivity index (χ2n) is 7.06. The summed E-state index contributed by atoms with van der Waals surface area (Å²) in [7, 11) is 1.94. The van der Waals surface area contributed by atoms with Crippen LogP contribution in [-0.2, 0) is 4.79 Å². The van der Waals surface area contributed by atoms with Crippen LogP contribution < -0.4 is 5.73 Å². The molecule has 1 heterocycles. The summed E-state index contributed by atoms with van der Waals surface area (Å²) >= 11 is 0. The normalized spacial score (nSPS) is 29.8. The average molecular weight is 267 g/mol. The molecule has 110 valence electrons. The Morgan fingerprint density at radius 1 is 1.26 bits per heavy atom. The quantitative estimate of drug-likeness (QED) is 0.842. The van der Waals surface area contributed by atoms with Crippen molar-refractivity contribution in [3.63, 3.8) is 0 Å². The van der Waals surface area contributed by atoms with E-state index in [1.807, 2.05) is 11.9 Å². The first-order chi connectivity index (χ1) is 8.94. The lowest BCUT2D eigenvalue weighted by Crippen LogP contribution is -2.50. The van der Waals surface area contributed by atoms with Gasteiger partial charge in [0.1, 0.15) is 0 Å². The summed E-state index contributed by atoms with van der Waals surface area (Å²) in [5.74, 6) is 0.267. The lowest BCUT2D eigenvalue weighted by atomic mass is 9.91. The van der Waals surface area contributed by atoms with Gasteiger partial charge in [0.05, 0.1) is 6.04 Å².